The summed E-state index contributed by atoms with van der Waals surface area (Å²) < 4.78 is 13.7. The van der Waals surface area contributed by atoms with Crippen LogP contribution in [0.3, 0.4) is 0 Å². The first kappa shape index (κ1) is 15.0. The molecule has 1 atom stereocenters. The molecular weight excluding hydrogens is 329 g/mol. The Balaban J connectivity index is 1.92. The van der Waals surface area contributed by atoms with E-state index in [-0.39, 0.29) is 6.42 Å². The van der Waals surface area contributed by atoms with Gasteiger partial charge < -0.3 is 10.4 Å². The monoisotopic (exact) mass is 343 g/mol. The van der Waals surface area contributed by atoms with Crippen LogP contribution in [0, 0.1) is 11.7 Å². The fourth-order valence-electron chi connectivity index (χ4n) is 1.99. The predicted octanol–water partition coefficient (Wildman–Crippen LogP) is 2.50. The van der Waals surface area contributed by atoms with E-state index in [4.69, 9.17) is 5.11 Å². The van der Waals surface area contributed by atoms with Gasteiger partial charge in [-0.1, -0.05) is 18.9 Å². The van der Waals surface area contributed by atoms with Crippen molar-refractivity contribution in [2.75, 3.05) is 0 Å². The highest BCUT2D eigenvalue weighted by Crippen LogP contribution is 2.33. The lowest BCUT2D eigenvalue weighted by atomic mass is 10.1. The predicted molar refractivity (Wildman–Crippen MR) is 74.7 cm³/mol. The van der Waals surface area contributed by atoms with Crippen LogP contribution < -0.4 is 5.32 Å². The van der Waals surface area contributed by atoms with Gasteiger partial charge in [0.2, 0.25) is 5.91 Å². The Bertz CT molecular complexity index is 531. The van der Waals surface area contributed by atoms with Crippen LogP contribution in [0.25, 0.3) is 0 Å². The Morgan fingerprint density at radius 1 is 1.45 bits per heavy atom. The number of benzene rings is 1. The number of carbonyl (C=O) groups is 2. The molecular formula is C14H15BrFNO3. The normalized spacial score (nSPS) is 15.7. The summed E-state index contributed by atoms with van der Waals surface area (Å²) in [5, 5.41) is 11.6. The number of carbonyl (C=O) groups excluding carboxylic acids is 1. The Morgan fingerprint density at radius 3 is 2.70 bits per heavy atom. The fraction of sp³-hybridized carbons (Fsp3) is 0.429. The van der Waals surface area contributed by atoms with Gasteiger partial charge in [-0.2, -0.15) is 0 Å². The molecule has 1 aromatic rings. The van der Waals surface area contributed by atoms with Crippen LogP contribution in [-0.2, 0) is 16.0 Å². The topological polar surface area (TPSA) is 66.4 Å². The molecule has 0 heterocycles. The second-order valence-electron chi connectivity index (χ2n) is 5.06. The van der Waals surface area contributed by atoms with E-state index in [2.05, 4.69) is 21.2 Å². The van der Waals surface area contributed by atoms with E-state index in [1.165, 1.54) is 12.1 Å². The first-order chi connectivity index (χ1) is 9.45. The van der Waals surface area contributed by atoms with Crippen molar-refractivity contribution in [3.63, 3.8) is 0 Å². The molecule has 108 valence electrons. The van der Waals surface area contributed by atoms with Crippen molar-refractivity contribution in [2.45, 2.75) is 31.7 Å². The standard InChI is InChI=1S/C14H15BrFNO3/c15-10-4-3-9(5-11(10)16)7-13(18)17-12(14(19)20)6-8-1-2-8/h3-5,8,12H,1-2,6-7H2,(H,17,18)(H,19,20). The number of nitrogens with one attached hydrogen (secondary N) is 1. The highest BCUT2D eigenvalue weighted by Gasteiger charge is 2.30. The van der Waals surface area contributed by atoms with Gasteiger partial charge in [-0.3, -0.25) is 4.79 Å². The van der Waals surface area contributed by atoms with E-state index in [1.807, 2.05) is 0 Å². The van der Waals surface area contributed by atoms with E-state index in [9.17, 15) is 14.0 Å². The van der Waals surface area contributed by atoms with E-state index >= 15 is 0 Å². The van der Waals surface area contributed by atoms with Crippen molar-refractivity contribution in [1.29, 1.82) is 0 Å². The first-order valence-corrected chi connectivity index (χ1v) is 7.21. The van der Waals surface area contributed by atoms with E-state index < -0.39 is 23.7 Å². The molecule has 1 saturated carbocycles. The molecule has 1 aliphatic rings. The van der Waals surface area contributed by atoms with Gasteiger partial charge in [0, 0.05) is 0 Å². The zero-order valence-corrected chi connectivity index (χ0v) is 12.3. The van der Waals surface area contributed by atoms with Crippen LogP contribution in [0.2, 0.25) is 0 Å². The maximum atomic E-state index is 13.3. The summed E-state index contributed by atoms with van der Waals surface area (Å²) in [6.07, 6.45) is 2.49. The van der Waals surface area contributed by atoms with Crippen molar-refractivity contribution in [1.82, 2.24) is 5.32 Å². The van der Waals surface area contributed by atoms with Crippen molar-refractivity contribution in [3.8, 4) is 0 Å². The lowest BCUT2D eigenvalue weighted by Gasteiger charge is -2.14. The number of aliphatic carboxylic acids is 1. The van der Waals surface area contributed by atoms with Crippen LogP contribution in [0.15, 0.2) is 22.7 Å². The molecule has 6 heteroatoms. The van der Waals surface area contributed by atoms with Crippen LogP contribution in [0.1, 0.15) is 24.8 Å². The quantitative estimate of drug-likeness (QED) is 0.833. The van der Waals surface area contributed by atoms with Crippen molar-refractivity contribution < 1.29 is 19.1 Å². The van der Waals surface area contributed by atoms with Gasteiger partial charge in [0.05, 0.1) is 10.9 Å². The Labute approximate surface area is 124 Å². The molecule has 1 aromatic carbocycles. The molecule has 4 nitrogen and oxygen atoms in total. The number of carboxylic acids is 1. The number of carboxylic acid groups (broad SMARTS) is 1. The summed E-state index contributed by atoms with van der Waals surface area (Å²) in [5.74, 6) is -1.46. The summed E-state index contributed by atoms with van der Waals surface area (Å²) >= 11 is 3.04. The molecule has 1 unspecified atom stereocenters. The number of amides is 1. The number of hydrogen-bond donors (Lipinski definition) is 2. The molecule has 2 N–H and O–H groups in total. The van der Waals surface area contributed by atoms with Crippen LogP contribution in [-0.4, -0.2) is 23.0 Å². The highest BCUT2D eigenvalue weighted by molar-refractivity contribution is 9.10. The van der Waals surface area contributed by atoms with Crippen LogP contribution in [0.5, 0.6) is 0 Å². The van der Waals surface area contributed by atoms with Gasteiger partial charge in [0.25, 0.3) is 0 Å². The first-order valence-electron chi connectivity index (χ1n) is 6.42. The summed E-state index contributed by atoms with van der Waals surface area (Å²) in [7, 11) is 0. The summed E-state index contributed by atoms with van der Waals surface area (Å²) in [5.41, 5.74) is 0.513. The maximum absolute atomic E-state index is 13.3. The molecule has 1 amide bonds. The Morgan fingerprint density at radius 2 is 2.15 bits per heavy atom. The Hall–Kier alpha value is -1.43. The van der Waals surface area contributed by atoms with E-state index in [1.54, 1.807) is 6.07 Å². The van der Waals surface area contributed by atoms with E-state index in [0.29, 0.717) is 22.4 Å². The average Bonchev–Trinajstić information content (AvgIpc) is 3.17. The third-order valence-corrected chi connectivity index (χ3v) is 3.89. The van der Waals surface area contributed by atoms with Crippen LogP contribution >= 0.6 is 15.9 Å². The summed E-state index contributed by atoms with van der Waals surface area (Å²) in [4.78, 5) is 22.9. The van der Waals surface area contributed by atoms with Gasteiger partial charge in [0.1, 0.15) is 11.9 Å². The molecule has 0 saturated heterocycles. The van der Waals surface area contributed by atoms with Gasteiger partial charge in [0.15, 0.2) is 0 Å². The third kappa shape index (κ3) is 4.30. The molecule has 20 heavy (non-hydrogen) atoms. The van der Waals surface area contributed by atoms with Gasteiger partial charge in [-0.05, 0) is 46.0 Å². The van der Waals surface area contributed by atoms with Gasteiger partial charge in [-0.25, -0.2) is 9.18 Å². The lowest BCUT2D eigenvalue weighted by molar-refractivity contribution is -0.142. The fourth-order valence-corrected chi connectivity index (χ4v) is 2.24. The van der Waals surface area contributed by atoms with Gasteiger partial charge >= 0.3 is 5.97 Å². The minimum Gasteiger partial charge on any atom is -0.480 e. The SMILES string of the molecule is O=C(Cc1ccc(Br)c(F)c1)NC(CC1CC1)C(=O)O. The second kappa shape index (κ2) is 6.35. The molecule has 0 radical (unpaired) electrons. The average molecular weight is 344 g/mol. The lowest BCUT2D eigenvalue weighted by Crippen LogP contribution is -2.41. The summed E-state index contributed by atoms with van der Waals surface area (Å²) in [6, 6.07) is 3.57. The molecule has 0 aliphatic heterocycles. The molecule has 2 rings (SSSR count). The minimum atomic E-state index is -1.02. The molecule has 0 spiro atoms. The second-order valence-corrected chi connectivity index (χ2v) is 5.92. The Kier molecular flexibility index (Phi) is 4.75. The third-order valence-electron chi connectivity index (χ3n) is 3.25. The number of rotatable bonds is 6. The van der Waals surface area contributed by atoms with Crippen LogP contribution in [0.4, 0.5) is 4.39 Å². The van der Waals surface area contributed by atoms with Gasteiger partial charge in [-0.15, -0.1) is 0 Å². The number of hydrogen-bond acceptors (Lipinski definition) is 2. The largest absolute Gasteiger partial charge is 0.480 e. The summed E-state index contributed by atoms with van der Waals surface area (Å²) in [6.45, 7) is 0. The minimum absolute atomic E-state index is 0.0291. The molecule has 0 aromatic heterocycles. The highest BCUT2D eigenvalue weighted by atomic mass is 79.9. The zero-order chi connectivity index (χ0) is 14.7. The molecule has 1 fully saturated rings. The van der Waals surface area contributed by atoms with Crippen molar-refractivity contribution in [2.24, 2.45) is 5.92 Å². The van der Waals surface area contributed by atoms with Crippen molar-refractivity contribution in [3.05, 3.63) is 34.1 Å². The smallest absolute Gasteiger partial charge is 0.326 e. The maximum Gasteiger partial charge on any atom is 0.326 e. The molecule has 0 bridgehead atoms. The molecule has 1 aliphatic carbocycles. The zero-order valence-electron chi connectivity index (χ0n) is 10.7. The number of halogens is 2. The van der Waals surface area contributed by atoms with E-state index in [0.717, 1.165) is 12.8 Å². The van der Waals surface area contributed by atoms with Crippen molar-refractivity contribution >= 4 is 27.8 Å².